The number of morpholine rings is 1. The predicted octanol–water partition coefficient (Wildman–Crippen LogP) is 2.59. The van der Waals surface area contributed by atoms with Crippen molar-refractivity contribution in [2.24, 2.45) is 0 Å². The van der Waals surface area contributed by atoms with Crippen molar-refractivity contribution in [2.45, 2.75) is 6.10 Å². The number of thiazole rings is 1. The number of hydrogen-bond acceptors (Lipinski definition) is 8. The van der Waals surface area contributed by atoms with E-state index in [1.165, 1.54) is 17.7 Å². The van der Waals surface area contributed by atoms with Gasteiger partial charge in [-0.15, -0.1) is 11.3 Å². The Kier molecular flexibility index (Phi) is 4.62. The van der Waals surface area contributed by atoms with E-state index in [0.29, 0.717) is 31.2 Å². The molecule has 29 heavy (non-hydrogen) atoms. The largest absolute Gasteiger partial charge is 0.366 e. The van der Waals surface area contributed by atoms with Crippen molar-refractivity contribution in [1.82, 2.24) is 29.8 Å². The van der Waals surface area contributed by atoms with Gasteiger partial charge in [0, 0.05) is 23.7 Å². The van der Waals surface area contributed by atoms with Gasteiger partial charge in [-0.1, -0.05) is 23.4 Å². The Balaban J connectivity index is 1.32. The Morgan fingerprint density at radius 1 is 1.24 bits per heavy atom. The van der Waals surface area contributed by atoms with Gasteiger partial charge in [-0.3, -0.25) is 4.79 Å². The molecule has 1 aliphatic heterocycles. The topological polar surface area (TPSA) is 99.2 Å². The number of carbonyl (C=O) groups excluding carboxylic acids is 1. The molecule has 0 bridgehead atoms. The number of benzene rings is 1. The molecule has 0 N–H and O–H groups in total. The lowest BCUT2D eigenvalue weighted by atomic mass is 10.2. The third-order valence-electron chi connectivity index (χ3n) is 4.59. The maximum absolute atomic E-state index is 12.9. The molecule has 0 radical (unpaired) electrons. The van der Waals surface area contributed by atoms with Gasteiger partial charge in [-0.2, -0.15) is 10.1 Å². The first-order valence-electron chi connectivity index (χ1n) is 9.01. The summed E-state index contributed by atoms with van der Waals surface area (Å²) in [5.41, 5.74) is 2.24. The molecule has 0 saturated carbocycles. The summed E-state index contributed by atoms with van der Waals surface area (Å²) >= 11 is 1.42. The van der Waals surface area contributed by atoms with Gasteiger partial charge in [-0.25, -0.2) is 9.67 Å². The molecule has 1 aromatic carbocycles. The third kappa shape index (κ3) is 3.55. The van der Waals surface area contributed by atoms with E-state index in [1.807, 2.05) is 36.5 Å². The monoisotopic (exact) mass is 408 g/mol. The number of nitrogens with zero attached hydrogens (tertiary/aromatic N) is 6. The summed E-state index contributed by atoms with van der Waals surface area (Å²) in [6, 6.07) is 9.84. The van der Waals surface area contributed by atoms with E-state index in [2.05, 4.69) is 20.2 Å². The van der Waals surface area contributed by atoms with Crippen LogP contribution in [0.5, 0.6) is 0 Å². The molecule has 0 aliphatic carbocycles. The average molecular weight is 408 g/mol. The van der Waals surface area contributed by atoms with Crippen LogP contribution < -0.4 is 0 Å². The second kappa shape index (κ2) is 7.57. The van der Waals surface area contributed by atoms with Crippen molar-refractivity contribution >= 4 is 17.2 Å². The van der Waals surface area contributed by atoms with Crippen LogP contribution in [0.4, 0.5) is 0 Å². The van der Waals surface area contributed by atoms with E-state index in [9.17, 15) is 4.79 Å². The first kappa shape index (κ1) is 17.7. The van der Waals surface area contributed by atoms with Crippen molar-refractivity contribution in [3.8, 4) is 16.3 Å². The Bertz CT molecular complexity index is 1110. The molecule has 10 heteroatoms. The highest BCUT2D eigenvalue weighted by atomic mass is 32.1. The number of carbonyl (C=O) groups is 1. The minimum Gasteiger partial charge on any atom is -0.366 e. The Hall–Kier alpha value is -3.37. The zero-order chi connectivity index (χ0) is 19.6. The minimum atomic E-state index is -0.395. The van der Waals surface area contributed by atoms with Crippen molar-refractivity contribution < 1.29 is 14.1 Å². The van der Waals surface area contributed by atoms with E-state index >= 15 is 0 Å². The van der Waals surface area contributed by atoms with Crippen LogP contribution in [0.15, 0.2) is 59.0 Å². The van der Waals surface area contributed by atoms with Crippen molar-refractivity contribution in [2.75, 3.05) is 19.7 Å². The number of ether oxygens (including phenoxy) is 1. The van der Waals surface area contributed by atoms with E-state index in [1.54, 1.807) is 21.2 Å². The Labute approximate surface area is 169 Å². The molecule has 4 aromatic rings. The maximum Gasteiger partial charge on any atom is 0.273 e. The third-order valence-corrected chi connectivity index (χ3v) is 5.48. The van der Waals surface area contributed by atoms with Crippen LogP contribution >= 0.6 is 11.3 Å². The summed E-state index contributed by atoms with van der Waals surface area (Å²) in [7, 11) is 0. The molecule has 1 fully saturated rings. The smallest absolute Gasteiger partial charge is 0.273 e. The molecule has 3 aromatic heterocycles. The van der Waals surface area contributed by atoms with Crippen LogP contribution in [0.3, 0.4) is 0 Å². The number of rotatable bonds is 4. The highest BCUT2D eigenvalue weighted by Crippen LogP contribution is 2.26. The van der Waals surface area contributed by atoms with E-state index in [4.69, 9.17) is 9.26 Å². The molecule has 9 nitrogen and oxygen atoms in total. The average Bonchev–Trinajstić information content (AvgIpc) is 3.55. The summed E-state index contributed by atoms with van der Waals surface area (Å²) in [6.07, 6.45) is 4.51. The van der Waals surface area contributed by atoms with Gasteiger partial charge in [-0.05, 0) is 12.1 Å². The zero-order valence-electron chi connectivity index (χ0n) is 15.2. The fourth-order valence-electron chi connectivity index (χ4n) is 3.13. The summed E-state index contributed by atoms with van der Waals surface area (Å²) in [4.78, 5) is 23.2. The molecule has 1 amide bonds. The van der Waals surface area contributed by atoms with Crippen molar-refractivity contribution in [1.29, 1.82) is 0 Å². The molecule has 1 atom stereocenters. The lowest BCUT2D eigenvalue weighted by Gasteiger charge is -2.30. The lowest BCUT2D eigenvalue weighted by molar-refractivity contribution is -0.0277. The van der Waals surface area contributed by atoms with Gasteiger partial charge in [0.05, 0.1) is 25.0 Å². The van der Waals surface area contributed by atoms with Gasteiger partial charge in [0.1, 0.15) is 16.8 Å². The summed E-state index contributed by atoms with van der Waals surface area (Å²) < 4.78 is 12.2. The molecule has 1 unspecified atom stereocenters. The quantitative estimate of drug-likeness (QED) is 0.512. The standard InChI is InChI=1S/C19H16N6O3S/c26-19(24-6-7-27-16(10-24)17-20-12-28-23-17)15-11-29-18(22-15)13-8-21-25(9-13)14-4-2-1-3-5-14/h1-5,8-9,11-12,16H,6-7,10H2. The normalized spacial score (nSPS) is 16.8. The Morgan fingerprint density at radius 3 is 2.97 bits per heavy atom. The summed E-state index contributed by atoms with van der Waals surface area (Å²) in [6.45, 7) is 1.26. The first-order valence-corrected chi connectivity index (χ1v) is 9.89. The fraction of sp³-hybridized carbons (Fsp3) is 0.211. The lowest BCUT2D eigenvalue weighted by Crippen LogP contribution is -2.42. The fourth-order valence-corrected chi connectivity index (χ4v) is 3.90. The maximum atomic E-state index is 12.9. The van der Waals surface area contributed by atoms with Crippen LogP contribution in [-0.2, 0) is 4.74 Å². The molecular weight excluding hydrogens is 392 g/mol. The van der Waals surface area contributed by atoms with Crippen LogP contribution in [0.2, 0.25) is 0 Å². The van der Waals surface area contributed by atoms with Crippen molar-refractivity contribution in [3.63, 3.8) is 0 Å². The number of amides is 1. The number of aromatic nitrogens is 5. The SMILES string of the molecule is O=C(c1csc(-c2cnn(-c3ccccc3)c2)n1)N1CCOC(c2ncon2)C1. The van der Waals surface area contributed by atoms with Gasteiger partial charge in [0.25, 0.3) is 5.91 Å². The second-order valence-electron chi connectivity index (χ2n) is 6.45. The van der Waals surface area contributed by atoms with Gasteiger partial charge < -0.3 is 14.2 Å². The highest BCUT2D eigenvalue weighted by Gasteiger charge is 2.29. The molecule has 1 aliphatic rings. The van der Waals surface area contributed by atoms with Crippen LogP contribution in [-0.4, -0.2) is 55.4 Å². The minimum absolute atomic E-state index is 0.139. The zero-order valence-corrected chi connectivity index (χ0v) is 16.0. The first-order chi connectivity index (χ1) is 14.3. The number of para-hydroxylation sites is 1. The van der Waals surface area contributed by atoms with Gasteiger partial charge in [0.15, 0.2) is 0 Å². The van der Waals surface area contributed by atoms with Gasteiger partial charge in [0.2, 0.25) is 12.2 Å². The van der Waals surface area contributed by atoms with Crippen molar-refractivity contribution in [3.05, 3.63) is 66.0 Å². The summed E-state index contributed by atoms with van der Waals surface area (Å²) in [5, 5.41) is 10.7. The van der Waals surface area contributed by atoms with E-state index in [0.717, 1.165) is 16.3 Å². The molecular formula is C19H16N6O3S. The van der Waals surface area contributed by atoms with E-state index in [-0.39, 0.29) is 5.91 Å². The number of hydrogen-bond donors (Lipinski definition) is 0. The predicted molar refractivity (Wildman–Crippen MR) is 104 cm³/mol. The highest BCUT2D eigenvalue weighted by molar-refractivity contribution is 7.13. The van der Waals surface area contributed by atoms with Gasteiger partial charge >= 0.3 is 0 Å². The molecule has 5 rings (SSSR count). The molecule has 4 heterocycles. The molecule has 1 saturated heterocycles. The molecule has 0 spiro atoms. The van der Waals surface area contributed by atoms with Crippen LogP contribution in [0.25, 0.3) is 16.3 Å². The summed E-state index contributed by atoms with van der Waals surface area (Å²) in [5.74, 6) is 0.300. The van der Waals surface area contributed by atoms with Crippen LogP contribution in [0, 0.1) is 0 Å². The second-order valence-corrected chi connectivity index (χ2v) is 7.31. The molecule has 146 valence electrons. The van der Waals surface area contributed by atoms with Crippen LogP contribution in [0.1, 0.15) is 22.4 Å². The van der Waals surface area contributed by atoms with E-state index < -0.39 is 6.10 Å². The Morgan fingerprint density at radius 2 is 2.14 bits per heavy atom.